The topological polar surface area (TPSA) is 143 Å². The Morgan fingerprint density at radius 2 is 1.97 bits per heavy atom. The van der Waals surface area contributed by atoms with Crippen LogP contribution < -0.4 is 16.0 Å². The monoisotopic (exact) mass is 510 g/mol. The van der Waals surface area contributed by atoms with Crippen LogP contribution in [0.4, 0.5) is 10.7 Å². The molecule has 0 bridgehead atoms. The van der Waals surface area contributed by atoms with E-state index in [0.29, 0.717) is 53.4 Å². The summed E-state index contributed by atoms with van der Waals surface area (Å²) in [7, 11) is 0. The molecule has 36 heavy (non-hydrogen) atoms. The van der Waals surface area contributed by atoms with Crippen molar-refractivity contribution in [2.75, 3.05) is 18.4 Å². The van der Waals surface area contributed by atoms with Crippen molar-refractivity contribution in [3.63, 3.8) is 0 Å². The molecular formula is C23H26N8O4S. The first-order chi connectivity index (χ1) is 17.3. The lowest BCUT2D eigenvalue weighted by atomic mass is 10.2. The second-order valence-corrected chi connectivity index (χ2v) is 10.7. The van der Waals surface area contributed by atoms with Gasteiger partial charge in [0.05, 0.1) is 28.6 Å². The molecule has 3 fully saturated rings. The summed E-state index contributed by atoms with van der Waals surface area (Å²) in [6.45, 7) is 5.10. The standard InChI is InChI=1S/C23H26N8O4S/c1-11-9-30(10-12(2)35-11)21(33)17-6-5-16(36-17)18-27-19-13(7-15-20(32)29-23(34)26-15)8-24-31(19)22(28-18)25-14-3-4-14/h6-8,11-12,14,16H,3-5,9-10H2,1-2H3,(H,25,27,28)(H2,26,29,32,34)/b15-7-. The fourth-order valence-electron chi connectivity index (χ4n) is 4.56. The van der Waals surface area contributed by atoms with Gasteiger partial charge in [-0.05, 0) is 39.2 Å². The van der Waals surface area contributed by atoms with E-state index < -0.39 is 11.9 Å². The summed E-state index contributed by atoms with van der Waals surface area (Å²) in [5, 5.41) is 12.4. The van der Waals surface area contributed by atoms with Crippen molar-refractivity contribution in [2.45, 2.75) is 56.6 Å². The Kier molecular flexibility index (Phi) is 5.67. The normalized spacial score (nSPS) is 27.4. The fourth-order valence-corrected chi connectivity index (χ4v) is 5.69. The predicted octanol–water partition coefficient (Wildman–Crippen LogP) is 1.58. The maximum absolute atomic E-state index is 13.2. The number of imide groups is 1. The summed E-state index contributed by atoms with van der Waals surface area (Å²) in [4.78, 5) is 48.8. The quantitative estimate of drug-likeness (QED) is 0.403. The molecule has 4 aliphatic rings. The largest absolute Gasteiger partial charge is 0.372 e. The number of hydrogen-bond acceptors (Lipinski definition) is 9. The van der Waals surface area contributed by atoms with Crippen LogP contribution in [0, 0.1) is 0 Å². The van der Waals surface area contributed by atoms with Crippen molar-refractivity contribution in [1.82, 2.24) is 35.1 Å². The molecule has 3 unspecified atom stereocenters. The maximum Gasteiger partial charge on any atom is 0.326 e. The van der Waals surface area contributed by atoms with Crippen molar-refractivity contribution in [2.24, 2.45) is 0 Å². The molecular weight excluding hydrogens is 484 g/mol. The van der Waals surface area contributed by atoms with Gasteiger partial charge in [0, 0.05) is 24.7 Å². The van der Waals surface area contributed by atoms with Crippen LogP contribution in [0.15, 0.2) is 22.9 Å². The Bertz CT molecular complexity index is 1320. The van der Waals surface area contributed by atoms with E-state index in [4.69, 9.17) is 14.7 Å². The molecule has 13 heteroatoms. The van der Waals surface area contributed by atoms with Gasteiger partial charge in [0.25, 0.3) is 11.8 Å². The summed E-state index contributed by atoms with van der Waals surface area (Å²) >= 11 is 1.47. The van der Waals surface area contributed by atoms with Gasteiger partial charge in [-0.2, -0.15) is 14.6 Å². The van der Waals surface area contributed by atoms with Gasteiger partial charge < -0.3 is 20.3 Å². The molecule has 2 aromatic rings. The highest BCUT2D eigenvalue weighted by Gasteiger charge is 2.33. The molecule has 1 aliphatic carbocycles. The summed E-state index contributed by atoms with van der Waals surface area (Å²) < 4.78 is 7.38. The van der Waals surface area contributed by atoms with Crippen LogP contribution in [0.1, 0.15) is 49.7 Å². The Hall–Kier alpha value is -3.45. The summed E-state index contributed by atoms with van der Waals surface area (Å²) in [5.74, 6) is 0.659. The maximum atomic E-state index is 13.2. The molecule has 0 radical (unpaired) electrons. The third-order valence-electron chi connectivity index (χ3n) is 6.34. The van der Waals surface area contributed by atoms with E-state index in [-0.39, 0.29) is 29.1 Å². The van der Waals surface area contributed by atoms with E-state index in [9.17, 15) is 14.4 Å². The van der Waals surface area contributed by atoms with Gasteiger partial charge in [0.15, 0.2) is 5.65 Å². The van der Waals surface area contributed by atoms with Crippen LogP contribution in [0.3, 0.4) is 0 Å². The number of morpholine rings is 1. The highest BCUT2D eigenvalue weighted by molar-refractivity contribution is 8.04. The molecule has 2 aromatic heterocycles. The number of urea groups is 1. The Labute approximate surface area is 210 Å². The van der Waals surface area contributed by atoms with E-state index in [1.165, 1.54) is 11.8 Å². The summed E-state index contributed by atoms with van der Waals surface area (Å²) in [5.41, 5.74) is 1.22. The first-order valence-electron chi connectivity index (χ1n) is 12.0. The van der Waals surface area contributed by atoms with Gasteiger partial charge in [0.1, 0.15) is 11.5 Å². The first-order valence-corrected chi connectivity index (χ1v) is 12.9. The predicted molar refractivity (Wildman–Crippen MR) is 132 cm³/mol. The number of allylic oxidation sites excluding steroid dienone is 1. The van der Waals surface area contributed by atoms with E-state index in [1.807, 2.05) is 24.8 Å². The first kappa shape index (κ1) is 23.0. The highest BCUT2D eigenvalue weighted by Crippen LogP contribution is 2.44. The van der Waals surface area contributed by atoms with Crippen LogP contribution in [-0.4, -0.2) is 73.7 Å². The number of carbonyl (C=O) groups is 3. The second-order valence-electron chi connectivity index (χ2n) is 9.50. The van der Waals surface area contributed by atoms with Gasteiger partial charge in [-0.25, -0.2) is 9.78 Å². The SMILES string of the molecule is CC1CN(C(=O)C2=CCC(c3nc(NC4CC4)n4ncc(/C=C5\NC(=O)NC5=O)c4n3)S2)CC(C)O1. The van der Waals surface area contributed by atoms with E-state index in [0.717, 1.165) is 12.8 Å². The highest BCUT2D eigenvalue weighted by atomic mass is 32.2. The molecule has 3 aliphatic heterocycles. The third-order valence-corrected chi connectivity index (χ3v) is 7.62. The molecule has 5 heterocycles. The lowest BCUT2D eigenvalue weighted by Crippen LogP contribution is -2.48. The molecule has 12 nitrogen and oxygen atoms in total. The van der Waals surface area contributed by atoms with Gasteiger partial charge in [-0.3, -0.25) is 14.9 Å². The molecule has 6 rings (SSSR count). The Morgan fingerprint density at radius 3 is 2.67 bits per heavy atom. The van der Waals surface area contributed by atoms with E-state index >= 15 is 0 Å². The zero-order chi connectivity index (χ0) is 25.0. The number of nitrogens with zero attached hydrogens (tertiary/aromatic N) is 5. The zero-order valence-electron chi connectivity index (χ0n) is 19.9. The number of ether oxygens (including phenoxy) is 1. The molecule has 188 valence electrons. The number of amides is 4. The minimum absolute atomic E-state index is 0.00318. The minimum Gasteiger partial charge on any atom is -0.372 e. The van der Waals surface area contributed by atoms with Gasteiger partial charge >= 0.3 is 6.03 Å². The summed E-state index contributed by atoms with van der Waals surface area (Å²) in [6.07, 6.45) is 7.85. The number of fused-ring (bicyclic) bond motifs is 1. The fraction of sp³-hybridized carbons (Fsp3) is 0.478. The average molecular weight is 511 g/mol. The number of hydrogen-bond donors (Lipinski definition) is 3. The Balaban J connectivity index is 1.28. The number of anilines is 1. The van der Waals surface area contributed by atoms with Crippen LogP contribution in [0.25, 0.3) is 11.7 Å². The van der Waals surface area contributed by atoms with Crippen LogP contribution in [0.2, 0.25) is 0 Å². The van der Waals surface area contributed by atoms with Gasteiger partial charge in [-0.15, -0.1) is 11.8 Å². The smallest absolute Gasteiger partial charge is 0.326 e. The molecule has 3 atom stereocenters. The minimum atomic E-state index is -0.566. The van der Waals surface area contributed by atoms with Crippen molar-refractivity contribution < 1.29 is 19.1 Å². The molecule has 0 aromatic carbocycles. The lowest BCUT2D eigenvalue weighted by molar-refractivity contribution is -0.138. The lowest BCUT2D eigenvalue weighted by Gasteiger charge is -2.35. The summed E-state index contributed by atoms with van der Waals surface area (Å²) in [6, 6.07) is -0.234. The van der Waals surface area contributed by atoms with Crippen LogP contribution >= 0.6 is 11.8 Å². The number of thioether (sulfide) groups is 1. The van der Waals surface area contributed by atoms with Crippen molar-refractivity contribution in [3.05, 3.63) is 34.3 Å². The second kappa shape index (κ2) is 8.89. The van der Waals surface area contributed by atoms with Gasteiger partial charge in [0.2, 0.25) is 5.95 Å². The van der Waals surface area contributed by atoms with E-state index in [2.05, 4.69) is 21.0 Å². The molecule has 1 saturated carbocycles. The number of aromatic nitrogens is 4. The van der Waals surface area contributed by atoms with Crippen molar-refractivity contribution >= 4 is 47.3 Å². The van der Waals surface area contributed by atoms with Gasteiger partial charge in [-0.1, -0.05) is 6.08 Å². The van der Waals surface area contributed by atoms with Crippen LogP contribution in [0.5, 0.6) is 0 Å². The number of rotatable bonds is 5. The third kappa shape index (κ3) is 4.44. The number of carbonyl (C=O) groups excluding carboxylic acids is 3. The van der Waals surface area contributed by atoms with Crippen LogP contribution in [-0.2, 0) is 14.3 Å². The van der Waals surface area contributed by atoms with Crippen molar-refractivity contribution in [1.29, 1.82) is 0 Å². The molecule has 4 amide bonds. The molecule has 3 N–H and O–H groups in total. The Morgan fingerprint density at radius 1 is 1.19 bits per heavy atom. The van der Waals surface area contributed by atoms with E-state index in [1.54, 1.807) is 16.8 Å². The zero-order valence-corrected chi connectivity index (χ0v) is 20.7. The molecule has 2 saturated heterocycles. The van der Waals surface area contributed by atoms with Crippen molar-refractivity contribution in [3.8, 4) is 0 Å². The molecule has 0 spiro atoms. The number of nitrogens with one attached hydrogen (secondary N) is 3. The average Bonchev–Trinajstić information content (AvgIpc) is 3.22.